The van der Waals surface area contributed by atoms with E-state index < -0.39 is 0 Å². The van der Waals surface area contributed by atoms with Crippen molar-refractivity contribution in [2.75, 3.05) is 18.8 Å². The summed E-state index contributed by atoms with van der Waals surface area (Å²) in [6, 6.07) is 10.1. The molecule has 0 radical (unpaired) electrons. The lowest BCUT2D eigenvalue weighted by Gasteiger charge is -2.41. The van der Waals surface area contributed by atoms with Gasteiger partial charge in [0.1, 0.15) is 0 Å². The van der Waals surface area contributed by atoms with E-state index in [1.165, 1.54) is 43.9 Å². The van der Waals surface area contributed by atoms with E-state index in [0.29, 0.717) is 5.75 Å². The summed E-state index contributed by atoms with van der Waals surface area (Å²) in [5, 5.41) is 9.55. The zero-order valence-corrected chi connectivity index (χ0v) is 16.8. The number of fused-ring (bicyclic) bond motifs is 1. The van der Waals surface area contributed by atoms with E-state index in [2.05, 4.69) is 26.6 Å². The van der Waals surface area contributed by atoms with Crippen LogP contribution in [-0.2, 0) is 11.3 Å². The number of likely N-dealkylation sites (tertiary alicyclic amines) is 1. The Morgan fingerprint density at radius 2 is 1.89 bits per heavy atom. The van der Waals surface area contributed by atoms with Crippen LogP contribution in [0.4, 0.5) is 0 Å². The van der Waals surface area contributed by atoms with E-state index in [1.54, 1.807) is 0 Å². The lowest BCUT2D eigenvalue weighted by atomic mass is 9.75. The maximum Gasteiger partial charge on any atom is 0.233 e. The maximum absolute atomic E-state index is 12.8. The van der Waals surface area contributed by atoms with Crippen molar-refractivity contribution < 1.29 is 4.79 Å². The number of amides is 1. The Bertz CT molecular complexity index is 776. The number of thioether (sulfide) groups is 1. The molecular weight excluding hydrogens is 356 g/mol. The molecule has 0 bridgehead atoms. The minimum atomic E-state index is 0.246. The summed E-state index contributed by atoms with van der Waals surface area (Å²) < 4.78 is 2.10. The summed E-state index contributed by atoms with van der Waals surface area (Å²) in [4.78, 5) is 14.9. The highest BCUT2D eigenvalue weighted by Gasteiger charge is 2.32. The smallest absolute Gasteiger partial charge is 0.233 e. The van der Waals surface area contributed by atoms with E-state index in [9.17, 15) is 4.79 Å². The van der Waals surface area contributed by atoms with E-state index >= 15 is 0 Å². The minimum Gasteiger partial charge on any atom is -0.342 e. The van der Waals surface area contributed by atoms with Gasteiger partial charge in [-0.2, -0.15) is 0 Å². The fourth-order valence-electron chi connectivity index (χ4n) is 4.53. The van der Waals surface area contributed by atoms with Gasteiger partial charge in [-0.3, -0.25) is 4.79 Å². The van der Waals surface area contributed by atoms with Crippen molar-refractivity contribution in [2.45, 2.75) is 50.7 Å². The van der Waals surface area contributed by atoms with Crippen molar-refractivity contribution in [3.05, 3.63) is 30.3 Å². The third-order valence-corrected chi connectivity index (χ3v) is 6.99. The number of nitrogens with zero attached hydrogens (tertiary/aromatic N) is 4. The Balaban J connectivity index is 1.39. The van der Waals surface area contributed by atoms with Crippen LogP contribution in [0.2, 0.25) is 0 Å². The molecule has 1 amide bonds. The monoisotopic (exact) mass is 384 g/mol. The molecule has 1 saturated heterocycles. The fraction of sp³-hybridized carbons (Fsp3) is 0.571. The van der Waals surface area contributed by atoms with Gasteiger partial charge in [0, 0.05) is 25.2 Å². The van der Waals surface area contributed by atoms with Crippen LogP contribution in [-0.4, -0.2) is 44.4 Å². The Morgan fingerprint density at radius 3 is 2.67 bits per heavy atom. The number of carbonyl (C=O) groups excluding carboxylic acids is 1. The molecule has 1 aromatic heterocycles. The normalized spacial score (nSPS) is 22.5. The van der Waals surface area contributed by atoms with Gasteiger partial charge in [0.2, 0.25) is 5.91 Å². The van der Waals surface area contributed by atoms with Crippen LogP contribution in [0.25, 0.3) is 11.4 Å². The average molecular weight is 385 g/mol. The van der Waals surface area contributed by atoms with Gasteiger partial charge in [-0.25, -0.2) is 0 Å². The summed E-state index contributed by atoms with van der Waals surface area (Å²) in [7, 11) is 0. The molecule has 1 saturated carbocycles. The van der Waals surface area contributed by atoms with E-state index in [4.69, 9.17) is 0 Å². The van der Waals surface area contributed by atoms with Crippen LogP contribution in [0.5, 0.6) is 0 Å². The van der Waals surface area contributed by atoms with Crippen LogP contribution in [0.15, 0.2) is 35.5 Å². The number of rotatable bonds is 5. The summed E-state index contributed by atoms with van der Waals surface area (Å²) in [5.41, 5.74) is 1.06. The van der Waals surface area contributed by atoms with Crippen molar-refractivity contribution in [1.29, 1.82) is 0 Å². The second kappa shape index (κ2) is 8.46. The molecule has 2 fully saturated rings. The van der Waals surface area contributed by atoms with Gasteiger partial charge in [-0.05, 0) is 31.6 Å². The quantitative estimate of drug-likeness (QED) is 0.729. The molecule has 144 valence electrons. The Kier molecular flexibility index (Phi) is 5.81. The minimum absolute atomic E-state index is 0.246. The molecule has 0 spiro atoms. The highest BCUT2D eigenvalue weighted by Crippen LogP contribution is 2.36. The van der Waals surface area contributed by atoms with Gasteiger partial charge < -0.3 is 9.47 Å². The molecule has 1 aliphatic carbocycles. The van der Waals surface area contributed by atoms with Crippen LogP contribution in [0.3, 0.4) is 0 Å². The zero-order chi connectivity index (χ0) is 18.6. The van der Waals surface area contributed by atoms with Gasteiger partial charge >= 0.3 is 0 Å². The molecule has 2 heterocycles. The molecule has 6 heteroatoms. The van der Waals surface area contributed by atoms with Crippen LogP contribution in [0, 0.1) is 11.8 Å². The van der Waals surface area contributed by atoms with Crippen LogP contribution in [0.1, 0.15) is 39.0 Å². The van der Waals surface area contributed by atoms with Crippen molar-refractivity contribution in [3.63, 3.8) is 0 Å². The number of aromatic nitrogens is 3. The first-order valence-electron chi connectivity index (χ1n) is 10.2. The van der Waals surface area contributed by atoms with Gasteiger partial charge in [-0.15, -0.1) is 10.2 Å². The summed E-state index contributed by atoms with van der Waals surface area (Å²) in [6.45, 7) is 4.77. The first kappa shape index (κ1) is 18.5. The largest absolute Gasteiger partial charge is 0.342 e. The molecule has 1 aromatic carbocycles. The molecule has 0 unspecified atom stereocenters. The molecule has 1 aliphatic heterocycles. The molecule has 2 aliphatic rings. The summed E-state index contributed by atoms with van der Waals surface area (Å²) >= 11 is 1.52. The van der Waals surface area contributed by atoms with E-state index in [-0.39, 0.29) is 5.91 Å². The molecule has 5 nitrogen and oxygen atoms in total. The van der Waals surface area contributed by atoms with E-state index in [0.717, 1.165) is 48.0 Å². The average Bonchev–Trinajstić information content (AvgIpc) is 3.15. The second-order valence-corrected chi connectivity index (χ2v) is 8.58. The summed E-state index contributed by atoms with van der Waals surface area (Å²) in [6.07, 6.45) is 6.56. The van der Waals surface area contributed by atoms with Gasteiger partial charge in [0.05, 0.1) is 5.75 Å². The number of benzene rings is 1. The molecule has 27 heavy (non-hydrogen) atoms. The molecule has 4 rings (SSSR count). The Morgan fingerprint density at radius 1 is 1.11 bits per heavy atom. The standard InChI is InChI=1S/C21H28N4OS/c1-2-25-20(17-9-4-3-5-10-17)22-23-21(25)27-15-19(26)24-13-12-16-8-6-7-11-18(16)14-24/h3-5,9-10,16,18H,2,6-8,11-15H2,1H3/t16-,18+/m0/s1. The van der Waals surface area contributed by atoms with Crippen molar-refractivity contribution in [2.24, 2.45) is 11.8 Å². The molecular formula is C21H28N4OS. The van der Waals surface area contributed by atoms with Crippen LogP contribution >= 0.6 is 11.8 Å². The highest BCUT2D eigenvalue weighted by molar-refractivity contribution is 7.99. The third-order valence-electron chi connectivity index (χ3n) is 6.03. The topological polar surface area (TPSA) is 51.0 Å². The van der Waals surface area contributed by atoms with Crippen molar-refractivity contribution >= 4 is 17.7 Å². The first-order valence-corrected chi connectivity index (χ1v) is 11.1. The number of hydrogen-bond donors (Lipinski definition) is 0. The predicted molar refractivity (Wildman–Crippen MR) is 109 cm³/mol. The highest BCUT2D eigenvalue weighted by atomic mass is 32.2. The van der Waals surface area contributed by atoms with Gasteiger partial charge in [-0.1, -0.05) is 61.4 Å². The fourth-order valence-corrected chi connectivity index (χ4v) is 5.43. The van der Waals surface area contributed by atoms with Gasteiger partial charge in [0.25, 0.3) is 0 Å². The van der Waals surface area contributed by atoms with Gasteiger partial charge in [0.15, 0.2) is 11.0 Å². The molecule has 2 aromatic rings. The number of hydrogen-bond acceptors (Lipinski definition) is 4. The lowest BCUT2D eigenvalue weighted by molar-refractivity contribution is -0.131. The number of piperidine rings is 1. The summed E-state index contributed by atoms with van der Waals surface area (Å²) in [5.74, 6) is 3.15. The lowest BCUT2D eigenvalue weighted by Crippen LogP contribution is -2.45. The third kappa shape index (κ3) is 4.05. The van der Waals surface area contributed by atoms with E-state index in [1.807, 2.05) is 30.3 Å². The number of carbonyl (C=O) groups is 1. The predicted octanol–water partition coefficient (Wildman–Crippen LogP) is 4.10. The molecule has 0 N–H and O–H groups in total. The molecule has 2 atom stereocenters. The van der Waals surface area contributed by atoms with Crippen molar-refractivity contribution in [1.82, 2.24) is 19.7 Å². The second-order valence-electron chi connectivity index (χ2n) is 7.64. The first-order chi connectivity index (χ1) is 13.3. The zero-order valence-electron chi connectivity index (χ0n) is 16.0. The Hall–Kier alpha value is -1.82. The van der Waals surface area contributed by atoms with Crippen LogP contribution < -0.4 is 0 Å². The SMILES string of the molecule is CCn1c(SCC(=O)N2CC[C@@H]3CCCC[C@@H]3C2)nnc1-c1ccccc1. The Labute approximate surface area is 165 Å². The van der Waals surface area contributed by atoms with Crippen molar-refractivity contribution in [3.8, 4) is 11.4 Å². The maximum atomic E-state index is 12.8.